The predicted molar refractivity (Wildman–Crippen MR) is 115 cm³/mol. The van der Waals surface area contributed by atoms with Crippen LogP contribution in [0.15, 0.2) is 48.5 Å². The zero-order chi connectivity index (χ0) is 22.7. The smallest absolute Gasteiger partial charge is 0.235 e. The second-order valence-electron chi connectivity index (χ2n) is 7.71. The number of ketones is 1. The number of fused-ring (bicyclic) bond motifs is 1. The molecule has 2 aliphatic heterocycles. The number of benzene rings is 2. The first-order chi connectivity index (χ1) is 15.3. The van der Waals surface area contributed by atoms with Crippen LogP contribution in [0, 0.1) is 5.92 Å². The minimum absolute atomic E-state index is 0.00885. The van der Waals surface area contributed by atoms with Crippen molar-refractivity contribution < 1.29 is 32.3 Å². The number of ether oxygens (including phenoxy) is 2. The summed E-state index contributed by atoms with van der Waals surface area (Å²) in [5.74, 6) is -2.11. The quantitative estimate of drug-likeness (QED) is 0.476. The van der Waals surface area contributed by atoms with Crippen LogP contribution in [0.4, 0.5) is 5.69 Å². The van der Waals surface area contributed by atoms with Crippen molar-refractivity contribution in [3.63, 3.8) is 0 Å². The normalized spacial score (nSPS) is 19.2. The summed E-state index contributed by atoms with van der Waals surface area (Å²) in [6.45, 7) is 0.0823. The molecule has 10 heteroatoms. The summed E-state index contributed by atoms with van der Waals surface area (Å²) in [4.78, 5) is 38.7. The van der Waals surface area contributed by atoms with Crippen LogP contribution in [-0.2, 0) is 19.4 Å². The number of amides is 2. The lowest BCUT2D eigenvalue weighted by Crippen LogP contribution is -2.40. The SMILES string of the molecule is O=C(C[C@@H](C(=O)Nc1ccc2c(c1)OCO2)C(=O)c1ccccc1)N[C@@H]1CCS(=O)(=O)C1. The molecule has 0 saturated carbocycles. The largest absolute Gasteiger partial charge is 0.454 e. The Balaban J connectivity index is 1.50. The molecule has 32 heavy (non-hydrogen) atoms. The molecule has 2 aromatic carbocycles. The molecule has 0 radical (unpaired) electrons. The Morgan fingerprint density at radius 2 is 1.78 bits per heavy atom. The van der Waals surface area contributed by atoms with E-state index in [1.807, 2.05) is 0 Å². The molecule has 1 saturated heterocycles. The highest BCUT2D eigenvalue weighted by Gasteiger charge is 2.33. The van der Waals surface area contributed by atoms with E-state index >= 15 is 0 Å². The first-order valence-corrected chi connectivity index (χ1v) is 11.9. The summed E-state index contributed by atoms with van der Waals surface area (Å²) < 4.78 is 33.8. The van der Waals surface area contributed by atoms with Crippen molar-refractivity contribution in [1.29, 1.82) is 0 Å². The van der Waals surface area contributed by atoms with E-state index < -0.39 is 45.8 Å². The fourth-order valence-corrected chi connectivity index (χ4v) is 5.37. The second-order valence-corrected chi connectivity index (χ2v) is 9.94. The maximum Gasteiger partial charge on any atom is 0.235 e. The van der Waals surface area contributed by atoms with E-state index in [-0.39, 0.29) is 18.3 Å². The van der Waals surface area contributed by atoms with Crippen molar-refractivity contribution in [2.75, 3.05) is 23.6 Å². The van der Waals surface area contributed by atoms with Crippen LogP contribution < -0.4 is 20.1 Å². The molecule has 2 heterocycles. The number of rotatable bonds is 7. The van der Waals surface area contributed by atoms with Crippen molar-refractivity contribution in [1.82, 2.24) is 5.32 Å². The lowest BCUT2D eigenvalue weighted by molar-refractivity contribution is -0.126. The van der Waals surface area contributed by atoms with Crippen molar-refractivity contribution in [2.24, 2.45) is 5.92 Å². The van der Waals surface area contributed by atoms with Crippen LogP contribution in [-0.4, -0.2) is 50.4 Å². The zero-order valence-electron chi connectivity index (χ0n) is 17.1. The van der Waals surface area contributed by atoms with Crippen LogP contribution in [0.3, 0.4) is 0 Å². The number of sulfone groups is 1. The standard InChI is InChI=1S/C22H22N2O7S/c25-20(23-16-8-9-32(28,29)12-16)11-17(21(26)14-4-2-1-3-5-14)22(27)24-15-6-7-18-19(10-15)31-13-30-18/h1-7,10,16-17H,8-9,11-13H2,(H,23,25)(H,24,27)/t16-,17-/m1/s1. The maximum absolute atomic E-state index is 13.1. The Morgan fingerprint density at radius 3 is 2.50 bits per heavy atom. The topological polar surface area (TPSA) is 128 Å². The molecule has 0 aliphatic carbocycles. The van der Waals surface area contributed by atoms with Gasteiger partial charge in [-0.1, -0.05) is 30.3 Å². The van der Waals surface area contributed by atoms with E-state index in [0.29, 0.717) is 29.2 Å². The van der Waals surface area contributed by atoms with Gasteiger partial charge in [0.2, 0.25) is 18.6 Å². The first-order valence-electron chi connectivity index (χ1n) is 10.1. The third-order valence-corrected chi connectivity index (χ3v) is 7.09. The number of carbonyl (C=O) groups excluding carboxylic acids is 3. The molecular formula is C22H22N2O7S. The van der Waals surface area contributed by atoms with Crippen molar-refractivity contribution >= 4 is 33.1 Å². The Hall–Kier alpha value is -3.40. The molecule has 168 valence electrons. The van der Waals surface area contributed by atoms with Gasteiger partial charge in [-0.25, -0.2) is 8.42 Å². The molecule has 1 fully saturated rings. The van der Waals surface area contributed by atoms with Gasteiger partial charge in [0.15, 0.2) is 27.1 Å². The molecule has 2 aromatic rings. The van der Waals surface area contributed by atoms with Crippen molar-refractivity contribution in [3.8, 4) is 11.5 Å². The number of nitrogens with one attached hydrogen (secondary N) is 2. The molecule has 0 spiro atoms. The van der Waals surface area contributed by atoms with Gasteiger partial charge >= 0.3 is 0 Å². The van der Waals surface area contributed by atoms with Crippen molar-refractivity contribution in [3.05, 3.63) is 54.1 Å². The van der Waals surface area contributed by atoms with Gasteiger partial charge < -0.3 is 20.1 Å². The van der Waals surface area contributed by atoms with E-state index in [1.54, 1.807) is 48.5 Å². The Kier molecular flexibility index (Phi) is 6.13. The van der Waals surface area contributed by atoms with Gasteiger partial charge in [-0.3, -0.25) is 14.4 Å². The second kappa shape index (κ2) is 8.99. The van der Waals surface area contributed by atoms with Crippen molar-refractivity contribution in [2.45, 2.75) is 18.9 Å². The molecule has 0 bridgehead atoms. The fraction of sp³-hybridized carbons (Fsp3) is 0.318. The van der Waals surface area contributed by atoms with Crippen LogP contribution in [0.5, 0.6) is 11.5 Å². The predicted octanol–water partition coefficient (Wildman–Crippen LogP) is 1.55. The van der Waals surface area contributed by atoms with E-state index in [2.05, 4.69) is 10.6 Å². The Labute approximate surface area is 185 Å². The highest BCUT2D eigenvalue weighted by molar-refractivity contribution is 7.91. The number of carbonyl (C=O) groups is 3. The van der Waals surface area contributed by atoms with Gasteiger partial charge in [-0.15, -0.1) is 0 Å². The summed E-state index contributed by atoms with van der Waals surface area (Å²) in [5, 5.41) is 5.30. The third kappa shape index (κ3) is 5.08. The summed E-state index contributed by atoms with van der Waals surface area (Å²) in [6, 6.07) is 12.5. The Bertz CT molecular complexity index is 1150. The summed E-state index contributed by atoms with van der Waals surface area (Å²) >= 11 is 0. The fourth-order valence-electron chi connectivity index (χ4n) is 3.69. The molecule has 9 nitrogen and oxygen atoms in total. The average molecular weight is 458 g/mol. The minimum Gasteiger partial charge on any atom is -0.454 e. The monoisotopic (exact) mass is 458 g/mol. The van der Waals surface area contributed by atoms with Gasteiger partial charge in [0.25, 0.3) is 0 Å². The van der Waals surface area contributed by atoms with Crippen LogP contribution in [0.1, 0.15) is 23.2 Å². The van der Waals surface area contributed by atoms with Crippen LogP contribution >= 0.6 is 0 Å². The summed E-state index contributed by atoms with van der Waals surface area (Å²) in [7, 11) is -3.17. The van der Waals surface area contributed by atoms with Gasteiger partial charge in [0, 0.05) is 29.8 Å². The lowest BCUT2D eigenvalue weighted by atomic mass is 9.93. The molecule has 0 unspecified atom stereocenters. The molecular weight excluding hydrogens is 436 g/mol. The zero-order valence-corrected chi connectivity index (χ0v) is 17.9. The van der Waals surface area contributed by atoms with E-state index in [4.69, 9.17) is 9.47 Å². The maximum atomic E-state index is 13.1. The van der Waals surface area contributed by atoms with Gasteiger partial charge in [-0.2, -0.15) is 0 Å². The van der Waals surface area contributed by atoms with Gasteiger partial charge in [0.05, 0.1) is 11.5 Å². The lowest BCUT2D eigenvalue weighted by Gasteiger charge is -2.18. The average Bonchev–Trinajstić information content (AvgIpc) is 3.37. The molecule has 2 atom stereocenters. The highest BCUT2D eigenvalue weighted by atomic mass is 32.2. The minimum atomic E-state index is -3.17. The van der Waals surface area contributed by atoms with E-state index in [9.17, 15) is 22.8 Å². The molecule has 4 rings (SSSR count). The van der Waals surface area contributed by atoms with Gasteiger partial charge in [0.1, 0.15) is 5.92 Å². The van der Waals surface area contributed by atoms with Gasteiger partial charge in [-0.05, 0) is 18.6 Å². The number of hydrogen-bond acceptors (Lipinski definition) is 7. The third-order valence-electron chi connectivity index (χ3n) is 5.32. The first kappa shape index (κ1) is 21.8. The molecule has 2 aliphatic rings. The summed E-state index contributed by atoms with van der Waals surface area (Å²) in [6.07, 6.45) is -0.0879. The Morgan fingerprint density at radius 1 is 1.03 bits per heavy atom. The number of Topliss-reactive ketones (excluding diaryl/α,β-unsaturated/α-hetero) is 1. The molecule has 2 amide bonds. The molecule has 2 N–H and O–H groups in total. The summed E-state index contributed by atoms with van der Waals surface area (Å²) in [5.41, 5.74) is 0.696. The van der Waals surface area contributed by atoms with E-state index in [0.717, 1.165) is 0 Å². The number of anilines is 1. The highest BCUT2D eigenvalue weighted by Crippen LogP contribution is 2.34. The molecule has 0 aromatic heterocycles. The number of hydrogen-bond donors (Lipinski definition) is 2. The van der Waals surface area contributed by atoms with Crippen LogP contribution in [0.25, 0.3) is 0 Å². The van der Waals surface area contributed by atoms with E-state index in [1.165, 1.54) is 0 Å². The van der Waals surface area contributed by atoms with Crippen LogP contribution in [0.2, 0.25) is 0 Å².